The van der Waals surface area contributed by atoms with Crippen molar-refractivity contribution in [3.05, 3.63) is 42.5 Å². The molecule has 0 unspecified atom stereocenters. The first-order valence-corrected chi connectivity index (χ1v) is 5.02. The van der Waals surface area contributed by atoms with Crippen LogP contribution in [0.4, 0.5) is 13.2 Å². The summed E-state index contributed by atoms with van der Waals surface area (Å²) in [5.41, 5.74) is 0.489. The maximum atomic E-state index is 12.1. The molecule has 0 aliphatic heterocycles. The molecule has 6 heteroatoms. The Kier molecular flexibility index (Phi) is 4.36. The van der Waals surface area contributed by atoms with E-state index in [2.05, 4.69) is 6.58 Å². The van der Waals surface area contributed by atoms with Gasteiger partial charge in [-0.15, -0.1) is 6.58 Å². The summed E-state index contributed by atoms with van der Waals surface area (Å²) in [7, 11) is 1.48. The molecule has 1 aromatic carbocycles. The average Bonchev–Trinajstić information content (AvgIpc) is 2.34. The second-order valence-corrected chi connectivity index (χ2v) is 3.46. The number of hydrogen-bond donors (Lipinski definition) is 1. The molecule has 0 saturated carbocycles. The highest BCUT2D eigenvalue weighted by Crippen LogP contribution is 2.21. The van der Waals surface area contributed by atoms with Gasteiger partial charge in [-0.3, -0.25) is 4.79 Å². The zero-order valence-electron chi connectivity index (χ0n) is 9.62. The van der Waals surface area contributed by atoms with Crippen molar-refractivity contribution in [1.82, 2.24) is 5.32 Å². The molecule has 1 aromatic rings. The standard InChI is InChI=1S/C12H12F3NO2/c1-3-10(16-11(17)12(13,14)15)8-4-6-9(18-2)7-5-8/h3-7,10H,1H2,2H3,(H,16,17)/t10-/m0/s1. The third-order valence-corrected chi connectivity index (χ3v) is 2.25. The Hall–Kier alpha value is -1.98. The smallest absolute Gasteiger partial charge is 0.471 e. The highest BCUT2D eigenvalue weighted by atomic mass is 19.4. The molecule has 0 heterocycles. The number of rotatable bonds is 4. The predicted molar refractivity (Wildman–Crippen MR) is 60.1 cm³/mol. The van der Waals surface area contributed by atoms with Crippen LogP contribution in [0, 0.1) is 0 Å². The summed E-state index contributed by atoms with van der Waals surface area (Å²) in [6.45, 7) is 3.40. The molecule has 0 aliphatic rings. The third kappa shape index (κ3) is 3.51. The normalized spacial score (nSPS) is 12.7. The van der Waals surface area contributed by atoms with Gasteiger partial charge in [0.05, 0.1) is 13.2 Å². The lowest BCUT2D eigenvalue weighted by atomic mass is 10.1. The molecule has 1 amide bonds. The van der Waals surface area contributed by atoms with E-state index in [4.69, 9.17) is 4.74 Å². The van der Waals surface area contributed by atoms with E-state index in [1.165, 1.54) is 13.2 Å². The van der Waals surface area contributed by atoms with Crippen LogP contribution < -0.4 is 10.1 Å². The van der Waals surface area contributed by atoms with Gasteiger partial charge in [0.25, 0.3) is 0 Å². The molecular weight excluding hydrogens is 247 g/mol. The van der Waals surface area contributed by atoms with Gasteiger partial charge >= 0.3 is 12.1 Å². The SMILES string of the molecule is C=C[C@H](NC(=O)C(F)(F)F)c1ccc(OC)cc1. The van der Waals surface area contributed by atoms with Crippen molar-refractivity contribution in [2.75, 3.05) is 7.11 Å². The maximum absolute atomic E-state index is 12.1. The largest absolute Gasteiger partial charge is 0.497 e. The summed E-state index contributed by atoms with van der Waals surface area (Å²) in [5, 5.41) is 1.84. The van der Waals surface area contributed by atoms with Crippen molar-refractivity contribution in [3.8, 4) is 5.75 Å². The minimum Gasteiger partial charge on any atom is -0.497 e. The van der Waals surface area contributed by atoms with Crippen LogP contribution in [-0.2, 0) is 4.79 Å². The van der Waals surface area contributed by atoms with Gasteiger partial charge in [-0.05, 0) is 17.7 Å². The van der Waals surface area contributed by atoms with E-state index in [1.807, 2.05) is 5.32 Å². The first-order chi connectivity index (χ1) is 8.38. The zero-order valence-corrected chi connectivity index (χ0v) is 9.62. The maximum Gasteiger partial charge on any atom is 0.471 e. The van der Waals surface area contributed by atoms with Gasteiger partial charge in [0, 0.05) is 0 Å². The van der Waals surface area contributed by atoms with Gasteiger partial charge in [0.1, 0.15) is 5.75 Å². The van der Waals surface area contributed by atoms with Crippen molar-refractivity contribution in [3.63, 3.8) is 0 Å². The summed E-state index contributed by atoms with van der Waals surface area (Å²) in [6.07, 6.45) is -3.68. The van der Waals surface area contributed by atoms with E-state index in [1.54, 1.807) is 24.3 Å². The quantitative estimate of drug-likeness (QED) is 0.844. The van der Waals surface area contributed by atoms with Crippen molar-refractivity contribution in [2.24, 2.45) is 0 Å². The Morgan fingerprint density at radius 3 is 2.33 bits per heavy atom. The highest BCUT2D eigenvalue weighted by Gasteiger charge is 2.39. The van der Waals surface area contributed by atoms with Gasteiger partial charge in [-0.2, -0.15) is 13.2 Å². The van der Waals surface area contributed by atoms with E-state index in [0.717, 1.165) is 0 Å². The molecule has 0 aromatic heterocycles. The van der Waals surface area contributed by atoms with E-state index in [0.29, 0.717) is 11.3 Å². The third-order valence-electron chi connectivity index (χ3n) is 2.25. The van der Waals surface area contributed by atoms with E-state index < -0.39 is 18.1 Å². The molecule has 0 fully saturated rings. The zero-order chi connectivity index (χ0) is 13.8. The molecule has 0 spiro atoms. The van der Waals surface area contributed by atoms with Crippen LogP contribution in [0.5, 0.6) is 5.75 Å². The number of hydrogen-bond acceptors (Lipinski definition) is 2. The number of amides is 1. The van der Waals surface area contributed by atoms with Crippen LogP contribution >= 0.6 is 0 Å². The molecule has 1 atom stereocenters. The first kappa shape index (κ1) is 14.1. The van der Waals surface area contributed by atoms with Gasteiger partial charge < -0.3 is 10.1 Å². The van der Waals surface area contributed by atoms with Crippen molar-refractivity contribution >= 4 is 5.91 Å². The number of methoxy groups -OCH3 is 1. The molecule has 0 saturated heterocycles. The van der Waals surface area contributed by atoms with Crippen LogP contribution in [0.2, 0.25) is 0 Å². The lowest BCUT2D eigenvalue weighted by Crippen LogP contribution is -2.38. The lowest BCUT2D eigenvalue weighted by Gasteiger charge is -2.16. The summed E-state index contributed by atoms with van der Waals surface area (Å²) >= 11 is 0. The van der Waals surface area contributed by atoms with E-state index >= 15 is 0 Å². The molecule has 18 heavy (non-hydrogen) atoms. The van der Waals surface area contributed by atoms with Gasteiger partial charge in [0.2, 0.25) is 0 Å². The fourth-order valence-electron chi connectivity index (χ4n) is 1.31. The van der Waals surface area contributed by atoms with Crippen LogP contribution in [0.15, 0.2) is 36.9 Å². The Labute approximate surface area is 102 Å². The van der Waals surface area contributed by atoms with Crippen LogP contribution in [0.3, 0.4) is 0 Å². The van der Waals surface area contributed by atoms with Crippen LogP contribution in [0.25, 0.3) is 0 Å². The van der Waals surface area contributed by atoms with Crippen LogP contribution in [-0.4, -0.2) is 19.2 Å². The second kappa shape index (κ2) is 5.57. The monoisotopic (exact) mass is 259 g/mol. The summed E-state index contributed by atoms with van der Waals surface area (Å²) in [6, 6.07) is 5.39. The van der Waals surface area contributed by atoms with Gasteiger partial charge in [-0.25, -0.2) is 0 Å². The predicted octanol–water partition coefficient (Wildman–Crippen LogP) is 2.60. The molecule has 98 valence electrons. The summed E-state index contributed by atoms with van der Waals surface area (Å²) < 4.78 is 41.3. The molecule has 0 aliphatic carbocycles. The number of ether oxygens (including phenoxy) is 1. The van der Waals surface area contributed by atoms with Crippen molar-refractivity contribution in [2.45, 2.75) is 12.2 Å². The lowest BCUT2D eigenvalue weighted by molar-refractivity contribution is -0.174. The molecular formula is C12H12F3NO2. The number of benzene rings is 1. The molecule has 1 N–H and O–H groups in total. The Morgan fingerprint density at radius 1 is 1.39 bits per heavy atom. The van der Waals surface area contributed by atoms with E-state index in [9.17, 15) is 18.0 Å². The topological polar surface area (TPSA) is 38.3 Å². The Morgan fingerprint density at radius 2 is 1.94 bits per heavy atom. The number of nitrogens with one attached hydrogen (secondary N) is 1. The Bertz CT molecular complexity index is 426. The Balaban J connectivity index is 2.83. The van der Waals surface area contributed by atoms with Crippen molar-refractivity contribution < 1.29 is 22.7 Å². The minimum absolute atomic E-state index is 0.489. The van der Waals surface area contributed by atoms with Gasteiger partial charge in [-0.1, -0.05) is 18.2 Å². The summed E-state index contributed by atoms with van der Waals surface area (Å²) in [5.74, 6) is -1.42. The molecule has 3 nitrogen and oxygen atoms in total. The number of carbonyl (C=O) groups excluding carboxylic acids is 1. The second-order valence-electron chi connectivity index (χ2n) is 3.46. The highest BCUT2D eigenvalue weighted by molar-refractivity contribution is 5.82. The van der Waals surface area contributed by atoms with E-state index in [-0.39, 0.29) is 0 Å². The number of halogens is 3. The fraction of sp³-hybridized carbons (Fsp3) is 0.250. The average molecular weight is 259 g/mol. The van der Waals surface area contributed by atoms with Gasteiger partial charge in [0.15, 0.2) is 0 Å². The molecule has 0 bridgehead atoms. The number of carbonyl (C=O) groups is 1. The summed E-state index contributed by atoms with van der Waals surface area (Å²) in [4.78, 5) is 10.8. The minimum atomic E-state index is -4.91. The fourth-order valence-corrected chi connectivity index (χ4v) is 1.31. The number of alkyl halides is 3. The molecule has 0 radical (unpaired) electrons. The van der Waals surface area contributed by atoms with Crippen molar-refractivity contribution in [1.29, 1.82) is 0 Å². The molecule has 1 rings (SSSR count). The van der Waals surface area contributed by atoms with Crippen LogP contribution in [0.1, 0.15) is 11.6 Å². The first-order valence-electron chi connectivity index (χ1n) is 5.02.